The van der Waals surface area contributed by atoms with Gasteiger partial charge < -0.3 is 26.1 Å². The van der Waals surface area contributed by atoms with Crippen LogP contribution in [0.15, 0.2) is 54.0 Å². The number of halogens is 1. The van der Waals surface area contributed by atoms with Crippen LogP contribution < -0.4 is 22.4 Å². The summed E-state index contributed by atoms with van der Waals surface area (Å²) < 4.78 is 2.15. The fourth-order valence-electron chi connectivity index (χ4n) is 4.04. The first-order valence-corrected chi connectivity index (χ1v) is 10.5. The molecule has 0 radical (unpaired) electrons. The van der Waals surface area contributed by atoms with Crippen LogP contribution in [0, 0.1) is 0 Å². The maximum Gasteiger partial charge on any atom is 0.317 e. The summed E-state index contributed by atoms with van der Waals surface area (Å²) in [6.07, 6.45) is 7.65. The highest BCUT2D eigenvalue weighted by Gasteiger charge is 2.26. The number of piperidine rings is 1. The van der Waals surface area contributed by atoms with Crippen molar-refractivity contribution >= 4 is 34.4 Å². The molecule has 2 aromatic heterocycles. The maximum atomic E-state index is 12.4. The highest BCUT2D eigenvalue weighted by atomic mass is 35.5. The third-order valence-corrected chi connectivity index (χ3v) is 5.95. The van der Waals surface area contributed by atoms with Crippen LogP contribution in [0.4, 0.5) is 4.79 Å². The molecule has 10 heteroatoms. The number of aromatic nitrogens is 2. The van der Waals surface area contributed by atoms with E-state index in [0.29, 0.717) is 29.9 Å². The summed E-state index contributed by atoms with van der Waals surface area (Å²) in [4.78, 5) is 18.6. The van der Waals surface area contributed by atoms with Crippen molar-refractivity contribution in [1.82, 2.24) is 25.2 Å². The van der Waals surface area contributed by atoms with E-state index >= 15 is 0 Å². The van der Waals surface area contributed by atoms with E-state index in [-0.39, 0.29) is 12.6 Å². The Balaban J connectivity index is 1.49. The summed E-state index contributed by atoms with van der Waals surface area (Å²) in [6, 6.07) is 9.68. The lowest BCUT2D eigenvalue weighted by molar-refractivity contribution is 0.183. The SMILES string of the molecule is N/N=C(/CNC(=O)N1CCC(c2cn(-c3ccc(Cl)cc3)c3cnccc23)CC1)NN. The minimum atomic E-state index is -0.150. The van der Waals surface area contributed by atoms with Crippen molar-refractivity contribution in [3.8, 4) is 5.69 Å². The number of carbonyl (C=O) groups excluding carboxylic acids is 1. The molecule has 0 saturated carbocycles. The highest BCUT2D eigenvalue weighted by Crippen LogP contribution is 2.35. The Hall–Kier alpha value is -3.30. The predicted molar refractivity (Wildman–Crippen MR) is 122 cm³/mol. The molecular weight excluding hydrogens is 416 g/mol. The first-order valence-electron chi connectivity index (χ1n) is 10.1. The van der Waals surface area contributed by atoms with Crippen molar-refractivity contribution in [2.24, 2.45) is 16.8 Å². The van der Waals surface area contributed by atoms with Crippen LogP contribution in [0.25, 0.3) is 16.6 Å². The van der Waals surface area contributed by atoms with Crippen LogP contribution in [0.5, 0.6) is 0 Å². The second-order valence-corrected chi connectivity index (χ2v) is 7.90. The first-order chi connectivity index (χ1) is 15.1. The van der Waals surface area contributed by atoms with E-state index in [2.05, 4.69) is 37.7 Å². The molecule has 162 valence electrons. The van der Waals surface area contributed by atoms with E-state index in [1.54, 1.807) is 4.90 Å². The molecule has 1 fully saturated rings. The van der Waals surface area contributed by atoms with Gasteiger partial charge in [-0.15, -0.1) is 0 Å². The monoisotopic (exact) mass is 440 g/mol. The smallest absolute Gasteiger partial charge is 0.317 e. The van der Waals surface area contributed by atoms with Gasteiger partial charge in [0.05, 0.1) is 18.3 Å². The molecule has 0 spiro atoms. The lowest BCUT2D eigenvalue weighted by Crippen LogP contribution is -2.48. The van der Waals surface area contributed by atoms with E-state index in [1.807, 2.05) is 36.7 Å². The van der Waals surface area contributed by atoms with Crippen molar-refractivity contribution in [3.63, 3.8) is 0 Å². The number of nitrogens with one attached hydrogen (secondary N) is 2. The van der Waals surface area contributed by atoms with Crippen molar-refractivity contribution < 1.29 is 4.79 Å². The van der Waals surface area contributed by atoms with Crippen LogP contribution in [-0.2, 0) is 0 Å². The van der Waals surface area contributed by atoms with Crippen molar-refractivity contribution in [1.29, 1.82) is 0 Å². The van der Waals surface area contributed by atoms with Crippen molar-refractivity contribution in [3.05, 3.63) is 59.5 Å². The van der Waals surface area contributed by atoms with Crippen LogP contribution in [0.3, 0.4) is 0 Å². The third kappa shape index (κ3) is 4.42. The molecule has 0 unspecified atom stereocenters. The summed E-state index contributed by atoms with van der Waals surface area (Å²) in [6.45, 7) is 1.49. The number of benzene rings is 1. The number of amidine groups is 1. The van der Waals surface area contributed by atoms with Crippen LogP contribution in [-0.4, -0.2) is 46.0 Å². The number of amides is 2. The molecule has 1 aliphatic rings. The maximum absolute atomic E-state index is 12.4. The summed E-state index contributed by atoms with van der Waals surface area (Å²) in [7, 11) is 0. The molecule has 3 heterocycles. The number of likely N-dealkylation sites (tertiary alicyclic amines) is 1. The fraction of sp³-hybridized carbons (Fsp3) is 0.286. The summed E-state index contributed by atoms with van der Waals surface area (Å²) in [5, 5.41) is 8.14. The minimum Gasteiger partial charge on any atom is -0.331 e. The Bertz CT molecular complexity index is 1090. The largest absolute Gasteiger partial charge is 0.331 e. The van der Waals surface area contributed by atoms with Crippen molar-refractivity contribution in [2.75, 3.05) is 19.6 Å². The molecule has 31 heavy (non-hydrogen) atoms. The van der Waals surface area contributed by atoms with Gasteiger partial charge in [-0.1, -0.05) is 11.6 Å². The molecule has 0 atom stereocenters. The zero-order valence-electron chi connectivity index (χ0n) is 17.0. The summed E-state index contributed by atoms with van der Waals surface area (Å²) in [5.41, 5.74) is 5.72. The molecular formula is C21H25ClN8O. The second kappa shape index (κ2) is 9.23. The number of urea groups is 1. The van der Waals surface area contributed by atoms with Crippen molar-refractivity contribution in [2.45, 2.75) is 18.8 Å². The number of hydrazine groups is 1. The summed E-state index contributed by atoms with van der Waals surface area (Å²) >= 11 is 6.06. The van der Waals surface area contributed by atoms with Gasteiger partial charge in [-0.3, -0.25) is 4.98 Å². The average molecular weight is 441 g/mol. The van der Waals surface area contributed by atoms with Gasteiger partial charge in [-0.2, -0.15) is 5.10 Å². The lowest BCUT2D eigenvalue weighted by atomic mass is 9.89. The fourth-order valence-corrected chi connectivity index (χ4v) is 4.17. The van der Waals surface area contributed by atoms with Gasteiger partial charge in [0.2, 0.25) is 0 Å². The molecule has 2 amide bonds. The number of pyridine rings is 1. The number of nitrogens with zero attached hydrogens (tertiary/aromatic N) is 4. The van der Waals surface area contributed by atoms with Gasteiger partial charge in [0.25, 0.3) is 0 Å². The topological polar surface area (TPSA) is 127 Å². The number of rotatable bonds is 4. The van der Waals surface area contributed by atoms with Crippen LogP contribution in [0.2, 0.25) is 5.02 Å². The number of carbonyl (C=O) groups is 1. The average Bonchev–Trinajstić information content (AvgIpc) is 3.20. The number of hydrogen-bond donors (Lipinski definition) is 4. The lowest BCUT2D eigenvalue weighted by Gasteiger charge is -2.32. The first kappa shape index (κ1) is 21.0. The Labute approximate surface area is 185 Å². The molecule has 1 aromatic carbocycles. The Morgan fingerprint density at radius 3 is 2.65 bits per heavy atom. The molecule has 1 saturated heterocycles. The van der Waals surface area contributed by atoms with Gasteiger partial charge >= 0.3 is 6.03 Å². The highest BCUT2D eigenvalue weighted by molar-refractivity contribution is 6.30. The minimum absolute atomic E-state index is 0.150. The molecule has 0 bridgehead atoms. The summed E-state index contributed by atoms with van der Waals surface area (Å²) in [5.74, 6) is 11.2. The Kier molecular flexibility index (Phi) is 6.24. The van der Waals surface area contributed by atoms with Gasteiger partial charge in [0.15, 0.2) is 5.84 Å². The predicted octanol–water partition coefficient (Wildman–Crippen LogP) is 2.30. The van der Waals surface area contributed by atoms with E-state index in [1.165, 1.54) is 10.9 Å². The molecule has 0 aliphatic carbocycles. The number of nitrogens with two attached hydrogens (primary N) is 2. The molecule has 1 aliphatic heterocycles. The van der Waals surface area contributed by atoms with E-state index in [0.717, 1.165) is 24.0 Å². The third-order valence-electron chi connectivity index (χ3n) is 5.70. The van der Waals surface area contributed by atoms with E-state index in [4.69, 9.17) is 23.3 Å². The molecule has 9 nitrogen and oxygen atoms in total. The van der Waals surface area contributed by atoms with Gasteiger partial charge in [0, 0.05) is 41.6 Å². The Morgan fingerprint density at radius 1 is 1.23 bits per heavy atom. The van der Waals surface area contributed by atoms with Gasteiger partial charge in [-0.05, 0) is 54.7 Å². The normalized spacial score (nSPS) is 15.3. The number of hydrazone groups is 1. The zero-order chi connectivity index (χ0) is 21.8. The molecule has 3 aromatic rings. The number of hydrogen-bond acceptors (Lipinski definition) is 5. The zero-order valence-corrected chi connectivity index (χ0v) is 17.7. The molecule has 4 rings (SSSR count). The number of fused-ring (bicyclic) bond motifs is 1. The van der Waals surface area contributed by atoms with Gasteiger partial charge in [-0.25, -0.2) is 10.6 Å². The van der Waals surface area contributed by atoms with Crippen LogP contribution in [0.1, 0.15) is 24.3 Å². The van der Waals surface area contributed by atoms with E-state index < -0.39 is 0 Å². The molecule has 6 N–H and O–H groups in total. The quantitative estimate of drug-likeness (QED) is 0.214. The van der Waals surface area contributed by atoms with E-state index in [9.17, 15) is 4.79 Å². The Morgan fingerprint density at radius 2 is 1.97 bits per heavy atom. The second-order valence-electron chi connectivity index (χ2n) is 7.46. The standard InChI is InChI=1S/C21H25ClN8O/c22-15-1-3-16(4-2-15)30-13-18(17-5-8-25-11-19(17)30)14-6-9-29(10-7-14)21(31)26-12-20(27-23)28-24/h1-5,8,11,13-14H,6-7,9-10,12,23-24H2,(H,26,31)(H,27,28). The van der Waals surface area contributed by atoms with Crippen LogP contribution >= 0.6 is 11.6 Å². The van der Waals surface area contributed by atoms with Gasteiger partial charge in [0.1, 0.15) is 0 Å².